The van der Waals surface area contributed by atoms with Crippen molar-refractivity contribution < 1.29 is 19.5 Å². The minimum atomic E-state index is -0.973. The average Bonchev–Trinajstić information content (AvgIpc) is 3.13. The number of halogens is 1. The molecule has 0 aliphatic heterocycles. The van der Waals surface area contributed by atoms with Gasteiger partial charge in [0.2, 0.25) is 5.91 Å². The number of carboxylic acid groups (broad SMARTS) is 1. The number of hydrogen-bond donors (Lipinski definition) is 3. The molecule has 1 aromatic carbocycles. The Morgan fingerprint density at radius 3 is 2.35 bits per heavy atom. The zero-order valence-electron chi connectivity index (χ0n) is 12.0. The van der Waals surface area contributed by atoms with Gasteiger partial charge in [0, 0.05) is 4.47 Å². The molecule has 1 aromatic rings. The van der Waals surface area contributed by atoms with E-state index in [4.69, 9.17) is 0 Å². The Hall–Kier alpha value is -2.15. The van der Waals surface area contributed by atoms with Gasteiger partial charge in [-0.3, -0.25) is 25.2 Å². The number of carbonyl (C=O) groups excluding carboxylic acids is 2. The molecule has 1 saturated carbocycles. The molecular formula is C16H15BrN2O4. The van der Waals surface area contributed by atoms with Crippen LogP contribution < -0.4 is 10.9 Å². The predicted octanol–water partition coefficient (Wildman–Crippen LogP) is 1.73. The molecule has 7 heteroatoms. The van der Waals surface area contributed by atoms with E-state index in [0.29, 0.717) is 16.5 Å². The lowest BCUT2D eigenvalue weighted by molar-refractivity contribution is -0.148. The van der Waals surface area contributed by atoms with Crippen LogP contribution in [0, 0.1) is 23.7 Å². The van der Waals surface area contributed by atoms with Crippen LogP contribution in [-0.2, 0) is 9.59 Å². The lowest BCUT2D eigenvalue weighted by atomic mass is 9.82. The number of carboxylic acids is 1. The zero-order chi connectivity index (χ0) is 16.6. The van der Waals surface area contributed by atoms with Crippen molar-refractivity contribution >= 4 is 33.7 Å². The molecule has 0 radical (unpaired) electrons. The van der Waals surface area contributed by atoms with Crippen LogP contribution in [0.1, 0.15) is 16.8 Å². The van der Waals surface area contributed by atoms with Gasteiger partial charge < -0.3 is 5.11 Å². The molecule has 0 saturated heterocycles. The second kappa shape index (κ2) is 6.16. The Morgan fingerprint density at radius 2 is 1.70 bits per heavy atom. The third kappa shape index (κ3) is 2.88. The molecule has 4 unspecified atom stereocenters. The van der Waals surface area contributed by atoms with Crippen molar-refractivity contribution in [2.45, 2.75) is 6.42 Å². The van der Waals surface area contributed by atoms with Crippen LogP contribution in [-0.4, -0.2) is 22.9 Å². The fourth-order valence-corrected chi connectivity index (χ4v) is 3.90. The average molecular weight is 379 g/mol. The molecule has 6 nitrogen and oxygen atoms in total. The van der Waals surface area contributed by atoms with Crippen molar-refractivity contribution in [1.82, 2.24) is 10.9 Å². The van der Waals surface area contributed by atoms with Crippen LogP contribution in [0.2, 0.25) is 0 Å². The molecule has 3 rings (SSSR count). The van der Waals surface area contributed by atoms with Gasteiger partial charge in [-0.25, -0.2) is 0 Å². The van der Waals surface area contributed by atoms with Crippen molar-refractivity contribution in [1.29, 1.82) is 0 Å². The second-order valence-electron chi connectivity index (χ2n) is 5.76. The fourth-order valence-electron chi connectivity index (χ4n) is 3.43. The molecule has 2 amide bonds. The number of hydrogen-bond acceptors (Lipinski definition) is 3. The number of hydrazine groups is 1. The number of rotatable bonds is 3. The Morgan fingerprint density at radius 1 is 1.04 bits per heavy atom. The maximum Gasteiger partial charge on any atom is 0.307 e. The van der Waals surface area contributed by atoms with Gasteiger partial charge in [0.05, 0.1) is 17.4 Å². The molecule has 3 N–H and O–H groups in total. The Kier molecular flexibility index (Phi) is 4.21. The highest BCUT2D eigenvalue weighted by Gasteiger charge is 2.51. The lowest BCUT2D eigenvalue weighted by Gasteiger charge is -2.23. The molecule has 2 bridgehead atoms. The summed E-state index contributed by atoms with van der Waals surface area (Å²) < 4.78 is 0.609. The van der Waals surface area contributed by atoms with Crippen LogP contribution in [0.15, 0.2) is 40.9 Å². The summed E-state index contributed by atoms with van der Waals surface area (Å²) >= 11 is 3.26. The van der Waals surface area contributed by atoms with Crippen molar-refractivity contribution in [3.63, 3.8) is 0 Å². The van der Waals surface area contributed by atoms with Crippen molar-refractivity contribution in [2.24, 2.45) is 23.7 Å². The van der Waals surface area contributed by atoms with Gasteiger partial charge in [0.15, 0.2) is 0 Å². The topological polar surface area (TPSA) is 95.5 Å². The highest BCUT2D eigenvalue weighted by Crippen LogP contribution is 2.48. The van der Waals surface area contributed by atoms with E-state index in [0.717, 1.165) is 0 Å². The zero-order valence-corrected chi connectivity index (χ0v) is 13.6. The number of fused-ring (bicyclic) bond motifs is 2. The first kappa shape index (κ1) is 15.7. The van der Waals surface area contributed by atoms with E-state index in [1.807, 2.05) is 12.2 Å². The van der Waals surface area contributed by atoms with Crippen LogP contribution in [0.3, 0.4) is 0 Å². The minimum absolute atomic E-state index is 0.0820. The molecule has 2 aliphatic carbocycles. The van der Waals surface area contributed by atoms with Gasteiger partial charge in [-0.1, -0.05) is 24.3 Å². The molecule has 120 valence electrons. The molecule has 0 spiro atoms. The summed E-state index contributed by atoms with van der Waals surface area (Å²) in [7, 11) is 0. The molecule has 0 aromatic heterocycles. The number of carbonyl (C=O) groups is 3. The predicted molar refractivity (Wildman–Crippen MR) is 85.1 cm³/mol. The Bertz CT molecular complexity index is 703. The van der Waals surface area contributed by atoms with E-state index < -0.39 is 29.6 Å². The summed E-state index contributed by atoms with van der Waals surface area (Å²) in [5, 5.41) is 9.34. The monoisotopic (exact) mass is 378 g/mol. The maximum atomic E-state index is 12.3. The highest BCUT2D eigenvalue weighted by atomic mass is 79.9. The first-order chi connectivity index (χ1) is 11.0. The smallest absolute Gasteiger partial charge is 0.307 e. The third-order valence-corrected chi connectivity index (χ3v) is 5.16. The molecule has 0 heterocycles. The second-order valence-corrected chi connectivity index (χ2v) is 6.62. The van der Waals surface area contributed by atoms with Crippen molar-refractivity contribution in [3.05, 3.63) is 46.5 Å². The van der Waals surface area contributed by atoms with E-state index in [9.17, 15) is 19.5 Å². The molecule has 4 atom stereocenters. The Labute approximate surface area is 141 Å². The summed E-state index contributed by atoms with van der Waals surface area (Å²) in [6.45, 7) is 0. The van der Waals surface area contributed by atoms with Gasteiger partial charge in [-0.15, -0.1) is 0 Å². The normalized spacial score (nSPS) is 27.7. The summed E-state index contributed by atoms with van der Waals surface area (Å²) in [5.74, 6) is -3.47. The largest absolute Gasteiger partial charge is 0.481 e. The number of nitrogens with one attached hydrogen (secondary N) is 2. The first-order valence-corrected chi connectivity index (χ1v) is 8.04. The van der Waals surface area contributed by atoms with E-state index in [1.54, 1.807) is 24.3 Å². The van der Waals surface area contributed by atoms with Crippen molar-refractivity contribution in [2.75, 3.05) is 0 Å². The van der Waals surface area contributed by atoms with E-state index in [2.05, 4.69) is 26.8 Å². The SMILES string of the molecule is O=C(NNC(=O)C1C2C=CC(C2)C1C(=O)O)c1ccccc1Br. The number of amides is 2. The summed E-state index contributed by atoms with van der Waals surface area (Å²) in [4.78, 5) is 35.8. The van der Waals surface area contributed by atoms with E-state index >= 15 is 0 Å². The quantitative estimate of drug-likeness (QED) is 0.551. The van der Waals surface area contributed by atoms with Crippen LogP contribution in [0.25, 0.3) is 0 Å². The van der Waals surface area contributed by atoms with Crippen molar-refractivity contribution in [3.8, 4) is 0 Å². The third-order valence-electron chi connectivity index (χ3n) is 4.46. The summed E-state index contributed by atoms with van der Waals surface area (Å²) in [6.07, 6.45) is 4.43. The van der Waals surface area contributed by atoms with Gasteiger partial charge in [0.25, 0.3) is 5.91 Å². The van der Waals surface area contributed by atoms with Crippen LogP contribution in [0.4, 0.5) is 0 Å². The van der Waals surface area contributed by atoms with E-state index in [1.165, 1.54) is 0 Å². The number of aliphatic carboxylic acids is 1. The number of allylic oxidation sites excluding steroid dienone is 2. The summed E-state index contributed by atoms with van der Waals surface area (Å²) in [6, 6.07) is 6.82. The van der Waals surface area contributed by atoms with Crippen LogP contribution in [0.5, 0.6) is 0 Å². The van der Waals surface area contributed by atoms with Gasteiger partial charge in [0.1, 0.15) is 0 Å². The van der Waals surface area contributed by atoms with Gasteiger partial charge in [-0.05, 0) is 46.3 Å². The molecular weight excluding hydrogens is 364 g/mol. The van der Waals surface area contributed by atoms with Gasteiger partial charge >= 0.3 is 5.97 Å². The van der Waals surface area contributed by atoms with Crippen LogP contribution >= 0.6 is 15.9 Å². The van der Waals surface area contributed by atoms with Gasteiger partial charge in [-0.2, -0.15) is 0 Å². The minimum Gasteiger partial charge on any atom is -0.481 e. The fraction of sp³-hybridized carbons (Fsp3) is 0.312. The highest BCUT2D eigenvalue weighted by molar-refractivity contribution is 9.10. The number of benzene rings is 1. The summed E-state index contributed by atoms with van der Waals surface area (Å²) in [5.41, 5.74) is 5.10. The maximum absolute atomic E-state index is 12.3. The first-order valence-electron chi connectivity index (χ1n) is 7.25. The molecule has 1 fully saturated rings. The lowest BCUT2D eigenvalue weighted by Crippen LogP contribution is -2.48. The standard InChI is InChI=1S/C16H15BrN2O4/c17-11-4-2-1-3-10(11)14(20)18-19-15(21)12-8-5-6-9(7-8)13(12)16(22)23/h1-6,8-9,12-13H,7H2,(H,18,20)(H,19,21)(H,22,23). The molecule has 23 heavy (non-hydrogen) atoms. The Balaban J connectivity index is 1.66. The molecule has 2 aliphatic rings. The van der Waals surface area contributed by atoms with E-state index in [-0.39, 0.29) is 11.8 Å².